The molecule has 1 N–H and O–H groups in total. The number of hydrogen-bond acceptors (Lipinski definition) is 6. The molecule has 1 amide bonds. The molecule has 0 aliphatic carbocycles. The Morgan fingerprint density at radius 1 is 1.03 bits per heavy atom. The minimum atomic E-state index is -0.507. The zero-order chi connectivity index (χ0) is 20.9. The molecule has 0 aliphatic rings. The Morgan fingerprint density at radius 2 is 1.77 bits per heavy atom. The number of nitrogens with zero attached hydrogens (tertiary/aromatic N) is 2. The van der Waals surface area contributed by atoms with Crippen molar-refractivity contribution in [1.82, 2.24) is 10.4 Å². The lowest BCUT2D eigenvalue weighted by molar-refractivity contribution is 0.0739. The SMILES string of the molecule is O=C(N/N=C\c1ccc(OC(=O)c2sc3ccccc3c2Cl)cc1)c1ccncc1. The fourth-order valence-electron chi connectivity index (χ4n) is 2.65. The van der Waals surface area contributed by atoms with Crippen LogP contribution in [0.1, 0.15) is 25.6 Å². The highest BCUT2D eigenvalue weighted by Crippen LogP contribution is 2.35. The Morgan fingerprint density at radius 3 is 2.50 bits per heavy atom. The molecule has 0 unspecified atom stereocenters. The number of halogens is 1. The highest BCUT2D eigenvalue weighted by atomic mass is 35.5. The van der Waals surface area contributed by atoms with E-state index in [9.17, 15) is 9.59 Å². The number of esters is 1. The van der Waals surface area contributed by atoms with Gasteiger partial charge in [0.1, 0.15) is 10.6 Å². The lowest BCUT2D eigenvalue weighted by Crippen LogP contribution is -2.17. The van der Waals surface area contributed by atoms with E-state index in [1.807, 2.05) is 24.3 Å². The monoisotopic (exact) mass is 435 g/mol. The summed E-state index contributed by atoms with van der Waals surface area (Å²) in [7, 11) is 0. The van der Waals surface area contributed by atoms with Gasteiger partial charge in [-0.05, 0) is 48.0 Å². The Kier molecular flexibility index (Phi) is 5.83. The first-order valence-electron chi connectivity index (χ1n) is 8.84. The number of fused-ring (bicyclic) bond motifs is 1. The molecule has 0 radical (unpaired) electrons. The fraction of sp³-hybridized carbons (Fsp3) is 0. The van der Waals surface area contributed by atoms with E-state index in [1.54, 1.807) is 36.4 Å². The second kappa shape index (κ2) is 8.86. The summed E-state index contributed by atoms with van der Waals surface area (Å²) in [5.74, 6) is -0.460. The number of amides is 1. The van der Waals surface area contributed by atoms with Crippen molar-refractivity contribution in [2.45, 2.75) is 0 Å². The molecular formula is C22H14ClN3O3S. The Balaban J connectivity index is 1.39. The lowest BCUT2D eigenvalue weighted by Gasteiger charge is -2.03. The average Bonchev–Trinajstić information content (AvgIpc) is 3.12. The minimum Gasteiger partial charge on any atom is -0.422 e. The number of carbonyl (C=O) groups is 2. The van der Waals surface area contributed by atoms with Crippen molar-refractivity contribution in [3.63, 3.8) is 0 Å². The lowest BCUT2D eigenvalue weighted by atomic mass is 10.2. The molecule has 2 aromatic heterocycles. The van der Waals surface area contributed by atoms with E-state index in [0.29, 0.717) is 21.2 Å². The van der Waals surface area contributed by atoms with E-state index in [-0.39, 0.29) is 5.91 Å². The summed E-state index contributed by atoms with van der Waals surface area (Å²) in [5.41, 5.74) is 3.63. The molecule has 0 fully saturated rings. The van der Waals surface area contributed by atoms with Gasteiger partial charge in [0.25, 0.3) is 5.91 Å². The fourth-order valence-corrected chi connectivity index (χ4v) is 4.04. The van der Waals surface area contributed by atoms with E-state index >= 15 is 0 Å². The van der Waals surface area contributed by atoms with Crippen LogP contribution in [0, 0.1) is 0 Å². The van der Waals surface area contributed by atoms with Gasteiger partial charge in [0.05, 0.1) is 11.2 Å². The summed E-state index contributed by atoms with van der Waals surface area (Å²) in [5, 5.41) is 5.15. The summed E-state index contributed by atoms with van der Waals surface area (Å²) in [4.78, 5) is 28.6. The van der Waals surface area contributed by atoms with Gasteiger partial charge in [-0.2, -0.15) is 5.10 Å². The highest BCUT2D eigenvalue weighted by molar-refractivity contribution is 7.21. The molecule has 2 aromatic carbocycles. The van der Waals surface area contributed by atoms with Crippen LogP contribution in [-0.4, -0.2) is 23.1 Å². The minimum absolute atomic E-state index is 0.334. The van der Waals surface area contributed by atoms with Gasteiger partial charge in [-0.1, -0.05) is 29.8 Å². The first-order chi connectivity index (χ1) is 14.6. The van der Waals surface area contributed by atoms with E-state index in [0.717, 1.165) is 15.6 Å². The van der Waals surface area contributed by atoms with Crippen molar-refractivity contribution in [2.24, 2.45) is 5.10 Å². The Bertz CT molecular complexity index is 1240. The van der Waals surface area contributed by atoms with Gasteiger partial charge >= 0.3 is 5.97 Å². The number of thiophene rings is 1. The summed E-state index contributed by atoms with van der Waals surface area (Å²) in [6, 6.07) is 17.5. The number of nitrogens with one attached hydrogen (secondary N) is 1. The first kappa shape index (κ1) is 19.8. The smallest absolute Gasteiger partial charge is 0.355 e. The summed E-state index contributed by atoms with van der Waals surface area (Å²) >= 11 is 7.62. The van der Waals surface area contributed by atoms with Crippen molar-refractivity contribution in [3.8, 4) is 5.75 Å². The second-order valence-corrected chi connectivity index (χ2v) is 7.57. The van der Waals surface area contributed by atoms with Gasteiger partial charge in [0.2, 0.25) is 0 Å². The number of aromatic nitrogens is 1. The Labute approximate surface area is 180 Å². The molecule has 30 heavy (non-hydrogen) atoms. The van der Waals surface area contributed by atoms with E-state index in [1.165, 1.54) is 29.9 Å². The van der Waals surface area contributed by atoms with E-state index < -0.39 is 5.97 Å². The number of hydrogen-bond donors (Lipinski definition) is 1. The van der Waals surface area contributed by atoms with Crippen LogP contribution in [-0.2, 0) is 0 Å². The van der Waals surface area contributed by atoms with Crippen LogP contribution < -0.4 is 10.2 Å². The van der Waals surface area contributed by atoms with Gasteiger partial charge in [0, 0.05) is 28.0 Å². The molecule has 2 heterocycles. The largest absolute Gasteiger partial charge is 0.422 e. The van der Waals surface area contributed by atoms with Gasteiger partial charge in [-0.25, -0.2) is 10.2 Å². The van der Waals surface area contributed by atoms with Crippen molar-refractivity contribution in [3.05, 3.63) is 94.1 Å². The summed E-state index contributed by atoms with van der Waals surface area (Å²) < 4.78 is 6.36. The van der Waals surface area contributed by atoms with Crippen LogP contribution in [0.25, 0.3) is 10.1 Å². The predicted octanol–water partition coefficient (Wildman–Crippen LogP) is 4.93. The third-order valence-electron chi connectivity index (χ3n) is 4.13. The maximum absolute atomic E-state index is 12.5. The molecule has 0 bridgehead atoms. The van der Waals surface area contributed by atoms with Crippen molar-refractivity contribution in [2.75, 3.05) is 0 Å². The molecular weight excluding hydrogens is 422 g/mol. The van der Waals surface area contributed by atoms with E-state index in [2.05, 4.69) is 15.5 Å². The van der Waals surface area contributed by atoms with Crippen LogP contribution in [0.15, 0.2) is 78.2 Å². The molecule has 4 rings (SSSR count). The molecule has 0 saturated carbocycles. The first-order valence-corrected chi connectivity index (χ1v) is 10.0. The van der Waals surface area contributed by atoms with Gasteiger partial charge in [-0.15, -0.1) is 11.3 Å². The summed E-state index contributed by atoms with van der Waals surface area (Å²) in [6.45, 7) is 0. The predicted molar refractivity (Wildman–Crippen MR) is 118 cm³/mol. The number of rotatable bonds is 5. The molecule has 4 aromatic rings. The van der Waals surface area contributed by atoms with Gasteiger partial charge < -0.3 is 4.74 Å². The zero-order valence-corrected chi connectivity index (χ0v) is 17.0. The van der Waals surface area contributed by atoms with E-state index in [4.69, 9.17) is 16.3 Å². The third kappa shape index (κ3) is 4.37. The number of hydrazone groups is 1. The topological polar surface area (TPSA) is 80.6 Å². The van der Waals surface area contributed by atoms with Crippen molar-refractivity contribution in [1.29, 1.82) is 0 Å². The van der Waals surface area contributed by atoms with Crippen LogP contribution in [0.4, 0.5) is 0 Å². The van der Waals surface area contributed by atoms with Crippen LogP contribution in [0.5, 0.6) is 5.75 Å². The number of carbonyl (C=O) groups excluding carboxylic acids is 2. The van der Waals surface area contributed by atoms with Crippen LogP contribution in [0.2, 0.25) is 5.02 Å². The number of benzene rings is 2. The number of ether oxygens (including phenoxy) is 1. The molecule has 0 saturated heterocycles. The molecule has 148 valence electrons. The van der Waals surface area contributed by atoms with Crippen LogP contribution in [0.3, 0.4) is 0 Å². The van der Waals surface area contributed by atoms with Crippen LogP contribution >= 0.6 is 22.9 Å². The van der Waals surface area contributed by atoms with Gasteiger partial charge in [0.15, 0.2) is 0 Å². The number of pyridine rings is 1. The third-order valence-corrected chi connectivity index (χ3v) is 5.79. The molecule has 6 nitrogen and oxygen atoms in total. The molecule has 0 spiro atoms. The van der Waals surface area contributed by atoms with Gasteiger partial charge in [-0.3, -0.25) is 9.78 Å². The maximum Gasteiger partial charge on any atom is 0.355 e. The summed E-state index contributed by atoms with van der Waals surface area (Å²) in [6.07, 6.45) is 4.56. The Hall–Kier alpha value is -3.55. The van der Waals surface area contributed by atoms with Crippen molar-refractivity contribution >= 4 is 51.1 Å². The molecule has 0 aliphatic heterocycles. The average molecular weight is 436 g/mol. The second-order valence-electron chi connectivity index (χ2n) is 6.13. The quantitative estimate of drug-likeness (QED) is 0.208. The molecule has 8 heteroatoms. The maximum atomic E-state index is 12.5. The standard InChI is InChI=1S/C22H14ClN3O3S/c23-19-17-3-1-2-4-18(17)30-20(19)22(28)29-16-7-5-14(6-8-16)13-25-26-21(27)15-9-11-24-12-10-15/h1-13H,(H,26,27)/b25-13-. The zero-order valence-electron chi connectivity index (χ0n) is 15.4. The highest BCUT2D eigenvalue weighted by Gasteiger charge is 2.18. The normalized spacial score (nSPS) is 11.0. The van der Waals surface area contributed by atoms with Crippen molar-refractivity contribution < 1.29 is 14.3 Å². The molecule has 0 atom stereocenters.